The van der Waals surface area contributed by atoms with Crippen LogP contribution in [0.4, 0.5) is 0 Å². The number of halogens is 1. The molecule has 0 radical (unpaired) electrons. The van der Waals surface area contributed by atoms with Gasteiger partial charge in [0.05, 0.1) is 16.8 Å². The van der Waals surface area contributed by atoms with E-state index >= 15 is 0 Å². The summed E-state index contributed by atoms with van der Waals surface area (Å²) in [6.45, 7) is 6.25. The maximum Gasteiger partial charge on any atom is 0.140 e. The highest BCUT2D eigenvalue weighted by Gasteiger charge is 2.12. The van der Waals surface area contributed by atoms with Crippen LogP contribution in [0.1, 0.15) is 37.3 Å². The van der Waals surface area contributed by atoms with E-state index in [1.54, 1.807) is 11.3 Å². The molecular formula is C21H28ClN3OS. The minimum absolute atomic E-state index is 0.559. The van der Waals surface area contributed by atoms with Crippen LogP contribution in [0.3, 0.4) is 0 Å². The number of nitrogens with one attached hydrogen (secondary N) is 1. The van der Waals surface area contributed by atoms with E-state index in [2.05, 4.69) is 52.6 Å². The number of thiophene rings is 1. The monoisotopic (exact) mass is 405 g/mol. The summed E-state index contributed by atoms with van der Waals surface area (Å²) in [5.41, 5.74) is 2.40. The number of ether oxygens (including phenoxy) is 1. The number of fused-ring (bicyclic) bond motifs is 1. The van der Waals surface area contributed by atoms with Gasteiger partial charge >= 0.3 is 0 Å². The predicted octanol–water partition coefficient (Wildman–Crippen LogP) is 3.70. The predicted molar refractivity (Wildman–Crippen MR) is 114 cm³/mol. The summed E-state index contributed by atoms with van der Waals surface area (Å²) >= 11 is 8.16. The van der Waals surface area contributed by atoms with Crippen molar-refractivity contribution in [1.82, 2.24) is 10.2 Å². The number of hydrogen-bond donors (Lipinski definition) is 1. The number of hydrogen-bond acceptors (Lipinski definition) is 5. The van der Waals surface area contributed by atoms with E-state index < -0.39 is 0 Å². The molecular weight excluding hydrogens is 378 g/mol. The van der Waals surface area contributed by atoms with Gasteiger partial charge in [0.25, 0.3) is 0 Å². The third kappa shape index (κ3) is 4.96. The van der Waals surface area contributed by atoms with E-state index in [0.717, 1.165) is 28.2 Å². The van der Waals surface area contributed by atoms with Crippen molar-refractivity contribution in [2.45, 2.75) is 39.5 Å². The van der Waals surface area contributed by atoms with E-state index in [1.165, 1.54) is 30.0 Å². The van der Waals surface area contributed by atoms with Crippen molar-refractivity contribution in [1.29, 1.82) is 0 Å². The molecule has 1 aliphatic rings. The number of rotatable bonds is 9. The van der Waals surface area contributed by atoms with Crippen molar-refractivity contribution in [2.24, 2.45) is 4.99 Å². The van der Waals surface area contributed by atoms with Crippen molar-refractivity contribution in [3.05, 3.63) is 49.6 Å². The second kappa shape index (κ2) is 9.47. The number of nitrogens with zero attached hydrogens (tertiary/aromatic N) is 2. The summed E-state index contributed by atoms with van der Waals surface area (Å²) in [6, 6.07) is 6.36. The molecule has 0 spiro atoms. The Kier molecular flexibility index (Phi) is 7.02. The first kappa shape index (κ1) is 20.0. The lowest BCUT2D eigenvalue weighted by Gasteiger charge is -2.24. The van der Waals surface area contributed by atoms with Crippen molar-refractivity contribution in [3.63, 3.8) is 0 Å². The lowest BCUT2D eigenvalue weighted by atomic mass is 10.0. The van der Waals surface area contributed by atoms with Gasteiger partial charge in [0.1, 0.15) is 29.5 Å². The van der Waals surface area contributed by atoms with Crippen LogP contribution in [-0.4, -0.2) is 31.8 Å². The highest BCUT2D eigenvalue weighted by molar-refractivity contribution is 7.07. The maximum absolute atomic E-state index is 6.48. The van der Waals surface area contributed by atoms with Gasteiger partial charge in [-0.25, -0.2) is 0 Å². The maximum atomic E-state index is 6.48. The van der Waals surface area contributed by atoms with Crippen LogP contribution in [0.5, 0.6) is 5.75 Å². The molecule has 0 saturated carbocycles. The molecule has 1 aliphatic heterocycles. The second-order valence-corrected chi connectivity index (χ2v) is 8.24. The van der Waals surface area contributed by atoms with Crippen molar-refractivity contribution in [3.8, 4) is 5.75 Å². The van der Waals surface area contributed by atoms with Gasteiger partial charge in [-0.05, 0) is 48.4 Å². The number of unbranched alkanes of at least 4 members (excludes halogenated alkanes) is 2. The summed E-state index contributed by atoms with van der Waals surface area (Å²) in [5.74, 6) is 1.91. The third-order valence-corrected chi connectivity index (χ3v) is 5.83. The fraction of sp³-hybridized carbons (Fsp3) is 0.476. The van der Waals surface area contributed by atoms with Gasteiger partial charge in [-0.15, -0.1) is 11.3 Å². The molecule has 4 nitrogen and oxygen atoms in total. The highest BCUT2D eigenvalue weighted by Crippen LogP contribution is 2.30. The van der Waals surface area contributed by atoms with Gasteiger partial charge in [-0.2, -0.15) is 0 Å². The largest absolute Gasteiger partial charge is 0.490 e. The molecule has 0 atom stereocenters. The smallest absolute Gasteiger partial charge is 0.140 e. The van der Waals surface area contributed by atoms with Gasteiger partial charge in [-0.3, -0.25) is 4.99 Å². The zero-order chi connectivity index (χ0) is 19.2. The Labute approximate surface area is 170 Å². The molecule has 3 rings (SSSR count). The average Bonchev–Trinajstić information content (AvgIpc) is 3.11. The minimum Gasteiger partial charge on any atom is -0.490 e. The Balaban J connectivity index is 1.58. The zero-order valence-electron chi connectivity index (χ0n) is 16.3. The van der Waals surface area contributed by atoms with Gasteiger partial charge in [-0.1, -0.05) is 37.4 Å². The van der Waals surface area contributed by atoms with Crippen LogP contribution in [-0.2, 0) is 6.42 Å². The normalized spacial score (nSPS) is 13.3. The average molecular weight is 406 g/mol. The number of aryl methyl sites for hydroxylation is 2. The fourth-order valence-corrected chi connectivity index (χ4v) is 4.41. The first-order valence-corrected chi connectivity index (χ1v) is 10.8. The molecule has 2 heterocycles. The SMILES string of the molecule is CCCCCc1cc(C)c(OCCNC2=c3ccsc3=NCN2C)c(Cl)c1. The van der Waals surface area contributed by atoms with Crippen LogP contribution >= 0.6 is 22.9 Å². The van der Waals surface area contributed by atoms with Gasteiger partial charge in [0.2, 0.25) is 0 Å². The summed E-state index contributed by atoms with van der Waals surface area (Å²) in [4.78, 5) is 6.68. The summed E-state index contributed by atoms with van der Waals surface area (Å²) < 4.78 is 7.09. The Morgan fingerprint density at radius 3 is 2.96 bits per heavy atom. The van der Waals surface area contributed by atoms with Crippen LogP contribution in [0.25, 0.3) is 5.82 Å². The Morgan fingerprint density at radius 2 is 2.19 bits per heavy atom. The molecule has 2 aromatic rings. The standard InChI is InChI=1S/C21H28ClN3OS/c1-4-5-6-7-16-12-15(2)19(18(22)13-16)26-10-9-23-20-17-8-11-27-21(17)24-14-25(20)3/h8,11-13,23H,4-7,9-10,14H2,1-3H3. The molecule has 6 heteroatoms. The lowest BCUT2D eigenvalue weighted by Crippen LogP contribution is -2.42. The van der Waals surface area contributed by atoms with E-state index in [4.69, 9.17) is 16.3 Å². The second-order valence-electron chi connectivity index (χ2n) is 6.94. The van der Waals surface area contributed by atoms with Crippen LogP contribution in [0.15, 0.2) is 28.6 Å². The summed E-state index contributed by atoms with van der Waals surface area (Å²) in [6.07, 6.45) is 4.78. The van der Waals surface area contributed by atoms with Gasteiger partial charge in [0, 0.05) is 7.05 Å². The molecule has 146 valence electrons. The number of benzene rings is 1. The first-order chi connectivity index (χ1) is 13.1. The van der Waals surface area contributed by atoms with E-state index in [0.29, 0.717) is 24.8 Å². The summed E-state index contributed by atoms with van der Waals surface area (Å²) in [7, 11) is 2.05. The van der Waals surface area contributed by atoms with E-state index in [-0.39, 0.29) is 0 Å². The molecule has 27 heavy (non-hydrogen) atoms. The molecule has 0 unspecified atom stereocenters. The minimum atomic E-state index is 0.559. The van der Waals surface area contributed by atoms with Gasteiger partial charge in [0.15, 0.2) is 0 Å². The van der Waals surface area contributed by atoms with Crippen LogP contribution < -0.4 is 19.9 Å². The van der Waals surface area contributed by atoms with Crippen LogP contribution in [0.2, 0.25) is 5.02 Å². The third-order valence-electron chi connectivity index (χ3n) is 4.71. The molecule has 0 fully saturated rings. The zero-order valence-corrected chi connectivity index (χ0v) is 17.9. The van der Waals surface area contributed by atoms with Crippen LogP contribution in [0, 0.1) is 6.92 Å². The van der Waals surface area contributed by atoms with E-state index in [1.807, 2.05) is 7.05 Å². The fourth-order valence-electron chi connectivity index (χ4n) is 3.31. The topological polar surface area (TPSA) is 36.9 Å². The molecule has 1 aromatic heterocycles. The van der Waals surface area contributed by atoms with E-state index in [9.17, 15) is 0 Å². The highest BCUT2D eigenvalue weighted by atomic mass is 35.5. The molecule has 0 bridgehead atoms. The van der Waals surface area contributed by atoms with Crippen molar-refractivity contribution >= 4 is 28.8 Å². The first-order valence-electron chi connectivity index (χ1n) is 9.59. The molecule has 1 N–H and O–H groups in total. The Hall–Kier alpha value is -1.72. The van der Waals surface area contributed by atoms with Crippen molar-refractivity contribution < 1.29 is 4.74 Å². The Morgan fingerprint density at radius 1 is 1.33 bits per heavy atom. The molecule has 0 aliphatic carbocycles. The lowest BCUT2D eigenvalue weighted by molar-refractivity contribution is 0.314. The summed E-state index contributed by atoms with van der Waals surface area (Å²) in [5, 5.41) is 7.45. The van der Waals surface area contributed by atoms with Gasteiger partial charge < -0.3 is 15.0 Å². The quantitative estimate of drug-likeness (QED) is 0.646. The molecule has 0 saturated heterocycles. The Bertz CT molecular complexity index is 870. The molecule has 1 aromatic carbocycles. The van der Waals surface area contributed by atoms with Crippen molar-refractivity contribution in [2.75, 3.05) is 26.9 Å². The molecule has 0 amide bonds.